The molecule has 2 saturated heterocycles. The normalized spacial score (nSPS) is 25.5. The molecule has 0 bridgehead atoms. The zero-order valence-corrected chi connectivity index (χ0v) is 33.2. The number of hydrogen-bond acceptors (Lipinski definition) is 20. The van der Waals surface area contributed by atoms with Gasteiger partial charge in [-0.15, -0.1) is 0 Å². The Labute approximate surface area is 362 Å². The molecule has 0 aliphatic carbocycles. The monoisotopic (exact) mass is 904 g/mol. The highest BCUT2D eigenvalue weighted by molar-refractivity contribution is 5.87. The lowest BCUT2D eigenvalue weighted by atomic mass is 9.99. The van der Waals surface area contributed by atoms with Crippen LogP contribution in [0.25, 0.3) is 44.6 Å². The fourth-order valence-corrected chi connectivity index (χ4v) is 7.19. The van der Waals surface area contributed by atoms with E-state index in [9.17, 15) is 70.2 Å². The van der Waals surface area contributed by atoms with Crippen LogP contribution in [0.4, 0.5) is 0 Å². The molecule has 0 spiro atoms. The van der Waals surface area contributed by atoms with Gasteiger partial charge in [-0.1, -0.05) is 0 Å². The maximum Gasteiger partial charge on any atom is 0.335 e. The van der Waals surface area contributed by atoms with Crippen LogP contribution in [0.5, 0.6) is 40.2 Å². The third kappa shape index (κ3) is 8.46. The Morgan fingerprint density at radius 2 is 0.969 bits per heavy atom. The van der Waals surface area contributed by atoms with Crippen molar-refractivity contribution in [3.63, 3.8) is 0 Å². The van der Waals surface area contributed by atoms with Crippen LogP contribution in [0, 0.1) is 0 Å². The van der Waals surface area contributed by atoms with Crippen LogP contribution in [-0.2, 0) is 19.1 Å². The maximum absolute atomic E-state index is 13.2. The number of hydrogen-bond donors (Lipinski definition) is 10. The summed E-state index contributed by atoms with van der Waals surface area (Å²) in [5, 5.41) is 101. The molecule has 0 radical (unpaired) electrons. The molecule has 22 nitrogen and oxygen atoms in total. The predicted octanol–water partition coefficient (Wildman–Crippen LogP) is 0.987. The van der Waals surface area contributed by atoms with E-state index in [1.165, 1.54) is 37.4 Å². The molecule has 4 heterocycles. The number of aliphatic hydroxyl groups excluding tert-OH is 6. The van der Waals surface area contributed by atoms with Crippen LogP contribution < -0.4 is 29.8 Å². The van der Waals surface area contributed by atoms with Crippen LogP contribution in [0.2, 0.25) is 0 Å². The Balaban J connectivity index is 1.01. The Morgan fingerprint density at radius 3 is 1.42 bits per heavy atom. The van der Waals surface area contributed by atoms with Crippen molar-refractivity contribution in [3.05, 3.63) is 99.3 Å². The molecule has 8 rings (SSSR count). The highest BCUT2D eigenvalue weighted by atomic mass is 16.7. The number of rotatable bonds is 11. The van der Waals surface area contributed by atoms with E-state index in [1.807, 2.05) is 0 Å². The topological polar surface area (TPSA) is 352 Å². The van der Waals surface area contributed by atoms with E-state index in [4.69, 9.17) is 37.3 Å². The number of aliphatic carboxylic acids is 2. The number of methoxy groups -OCH3 is 1. The summed E-state index contributed by atoms with van der Waals surface area (Å²) < 4.78 is 44.8. The molecule has 6 aromatic rings. The number of aromatic hydroxyl groups is 2. The van der Waals surface area contributed by atoms with Crippen LogP contribution in [-0.4, -0.2) is 132 Å². The quantitative estimate of drug-likeness (QED) is 0.0866. The average Bonchev–Trinajstić information content (AvgIpc) is 3.26. The zero-order chi connectivity index (χ0) is 46.6. The number of carbonyl (C=O) groups is 2. The summed E-state index contributed by atoms with van der Waals surface area (Å²) in [6.07, 6.45) is -19.2. The number of benzene rings is 4. The fourth-order valence-electron chi connectivity index (χ4n) is 7.19. The van der Waals surface area contributed by atoms with E-state index in [1.54, 1.807) is 24.3 Å². The second-order valence-electron chi connectivity index (χ2n) is 14.8. The summed E-state index contributed by atoms with van der Waals surface area (Å²) in [4.78, 5) is 49.3. The minimum atomic E-state index is -1.97. The minimum Gasteiger partial charge on any atom is -0.507 e. The molecular formula is C43H36O22. The van der Waals surface area contributed by atoms with Gasteiger partial charge in [0.05, 0.1) is 7.11 Å². The van der Waals surface area contributed by atoms with Crippen molar-refractivity contribution >= 4 is 33.9 Å². The smallest absolute Gasteiger partial charge is 0.335 e. The highest BCUT2D eigenvalue weighted by Crippen LogP contribution is 2.39. The van der Waals surface area contributed by atoms with Crippen LogP contribution in [0.3, 0.4) is 0 Å². The molecule has 0 saturated carbocycles. The fraction of sp³-hybridized carbons (Fsp3) is 0.256. The van der Waals surface area contributed by atoms with Gasteiger partial charge in [-0.25, -0.2) is 9.59 Å². The zero-order valence-electron chi connectivity index (χ0n) is 33.2. The number of aliphatic hydroxyl groups is 6. The second-order valence-corrected chi connectivity index (χ2v) is 14.8. The summed E-state index contributed by atoms with van der Waals surface area (Å²) in [6, 6.07) is 17.3. The molecule has 0 unspecified atom stereocenters. The molecule has 2 aliphatic heterocycles. The van der Waals surface area contributed by atoms with Crippen molar-refractivity contribution in [1.82, 2.24) is 0 Å². The summed E-state index contributed by atoms with van der Waals surface area (Å²) in [5.41, 5.74) is -0.978. The number of ether oxygens (including phenoxy) is 6. The standard InChI is InChI=1S/C43H36O22/c1-58-27-8-16(26-14-23(47)31-21(45)10-19(12-29(31)63-26)61-43-37(53)33(49)35(51)39(65-43)41(56)57)4-7-24(27)59-17-5-2-15(3-6-17)25-13-22(46)30-20(44)9-18(11-28(30)62-25)60-42-36(52)32(48)34(50)38(64-42)40(54)55/h2-14,32-39,42-45,48-53H,1H3,(H,54,55)(H,56,57)/t32-,33+,34-,35+,36+,37-,38-,39+,42+,43-/m1/s1. The van der Waals surface area contributed by atoms with Crippen molar-refractivity contribution in [2.24, 2.45) is 0 Å². The Kier molecular flexibility index (Phi) is 11.8. The van der Waals surface area contributed by atoms with Gasteiger partial charge >= 0.3 is 11.9 Å². The van der Waals surface area contributed by atoms with Crippen molar-refractivity contribution in [2.75, 3.05) is 7.11 Å². The largest absolute Gasteiger partial charge is 0.507 e. The van der Waals surface area contributed by atoms with E-state index in [0.29, 0.717) is 16.9 Å². The number of carboxylic acids is 2. The van der Waals surface area contributed by atoms with Gasteiger partial charge in [0.2, 0.25) is 12.6 Å². The first kappa shape index (κ1) is 44.3. The maximum atomic E-state index is 13.2. The van der Waals surface area contributed by atoms with E-state index in [2.05, 4.69) is 0 Å². The lowest BCUT2D eigenvalue weighted by Crippen LogP contribution is -2.61. The van der Waals surface area contributed by atoms with Gasteiger partial charge in [0.25, 0.3) is 0 Å². The highest BCUT2D eigenvalue weighted by Gasteiger charge is 2.49. The molecule has 4 aromatic carbocycles. The van der Waals surface area contributed by atoms with Crippen molar-refractivity contribution in [2.45, 2.75) is 61.4 Å². The van der Waals surface area contributed by atoms with E-state index < -0.39 is 95.7 Å². The number of fused-ring (bicyclic) bond motifs is 2. The Bertz CT molecular complexity index is 2930. The molecule has 10 atom stereocenters. The first-order chi connectivity index (χ1) is 30.9. The average molecular weight is 905 g/mol. The predicted molar refractivity (Wildman–Crippen MR) is 216 cm³/mol. The summed E-state index contributed by atoms with van der Waals surface area (Å²) >= 11 is 0. The van der Waals surface area contributed by atoms with Crippen molar-refractivity contribution in [3.8, 4) is 62.9 Å². The molecule has 2 aliphatic rings. The van der Waals surface area contributed by atoms with Crippen LogP contribution in [0.15, 0.2) is 97.3 Å². The van der Waals surface area contributed by atoms with Crippen molar-refractivity contribution < 1.29 is 97.9 Å². The van der Waals surface area contributed by atoms with Crippen LogP contribution >= 0.6 is 0 Å². The number of phenolic OH excluding ortho intramolecular Hbond substituents is 2. The summed E-state index contributed by atoms with van der Waals surface area (Å²) in [6.45, 7) is 0. The molecule has 22 heteroatoms. The van der Waals surface area contributed by atoms with Gasteiger partial charge in [-0.3, -0.25) is 9.59 Å². The Hall–Kier alpha value is -7.28. The van der Waals surface area contributed by atoms with Gasteiger partial charge in [-0.05, 0) is 42.5 Å². The molecule has 2 aromatic heterocycles. The first-order valence-corrected chi connectivity index (χ1v) is 19.2. The first-order valence-electron chi connectivity index (χ1n) is 19.2. The third-order valence-corrected chi connectivity index (χ3v) is 10.5. The SMILES string of the molecule is COc1cc(-c2cc(=O)c3c(O)cc(O[C@@H]4O[C@H](C(=O)O)[C@@H](O)[C@H](O)[C@H]4O)cc3o2)ccc1Oc1ccc(-c2cc(=O)c3c(O)cc(O[C@H]4O[C@@H](C(=O)O)[C@H](O)[C@@H](O)[C@@H]4O)cc3o2)cc1. The van der Waals surface area contributed by atoms with Crippen molar-refractivity contribution in [1.29, 1.82) is 0 Å². The second kappa shape index (κ2) is 17.4. The molecule has 0 amide bonds. The van der Waals surface area contributed by atoms with Gasteiger partial charge in [0.1, 0.15) is 98.8 Å². The lowest BCUT2D eigenvalue weighted by Gasteiger charge is -2.38. The molecule has 65 heavy (non-hydrogen) atoms. The van der Waals surface area contributed by atoms with E-state index >= 15 is 0 Å². The molecular weight excluding hydrogens is 868 g/mol. The molecule has 10 N–H and O–H groups in total. The van der Waals surface area contributed by atoms with E-state index in [-0.39, 0.29) is 56.5 Å². The van der Waals surface area contributed by atoms with E-state index in [0.717, 1.165) is 24.3 Å². The summed E-state index contributed by atoms with van der Waals surface area (Å²) in [7, 11) is 1.36. The van der Waals surface area contributed by atoms with Gasteiger partial charge in [0, 0.05) is 47.5 Å². The van der Waals surface area contributed by atoms with Gasteiger partial charge in [-0.2, -0.15) is 0 Å². The number of carboxylic acid groups (broad SMARTS) is 2. The Morgan fingerprint density at radius 1 is 0.523 bits per heavy atom. The van der Waals surface area contributed by atoms with Gasteiger partial charge in [0.15, 0.2) is 34.6 Å². The number of phenols is 2. The van der Waals surface area contributed by atoms with Crippen LogP contribution in [0.1, 0.15) is 0 Å². The van der Waals surface area contributed by atoms with Gasteiger partial charge < -0.3 is 88.3 Å². The minimum absolute atomic E-state index is 0.000872. The summed E-state index contributed by atoms with van der Waals surface area (Å²) in [5.74, 6) is -4.22. The third-order valence-electron chi connectivity index (χ3n) is 10.5. The molecule has 2 fully saturated rings. The lowest BCUT2D eigenvalue weighted by molar-refractivity contribution is -0.271. The molecule has 340 valence electrons.